The second kappa shape index (κ2) is 11.7. The SMILES string of the molecule is CC(=O)O.CCCC1O[C@@H]2C[C@H]3[C@@H]4CCC5=CC(=O)C=C[C@]5(C)[C@H]4[C@@H](O)C[C@]3(C)[C@]2(C(=O)CO)O1.O=S(=O)(O)O. The summed E-state index contributed by atoms with van der Waals surface area (Å²) >= 11 is 0. The first-order valence-electron chi connectivity index (χ1n) is 13.4. The van der Waals surface area contributed by atoms with Gasteiger partial charge in [-0.25, -0.2) is 0 Å². The zero-order valence-corrected chi connectivity index (χ0v) is 24.0. The number of aliphatic hydroxyl groups excluding tert-OH is 2. The third kappa shape index (κ3) is 5.83. The number of rotatable bonds is 4. The van der Waals surface area contributed by atoms with Crippen LogP contribution in [0.3, 0.4) is 0 Å². The van der Waals surface area contributed by atoms with Crippen molar-refractivity contribution in [3.8, 4) is 0 Å². The fourth-order valence-corrected chi connectivity index (χ4v) is 8.12. The topological polar surface area (TPSA) is 205 Å². The Morgan fingerprint density at radius 1 is 1.20 bits per heavy atom. The Morgan fingerprint density at radius 3 is 2.35 bits per heavy atom. The third-order valence-electron chi connectivity index (χ3n) is 9.37. The predicted molar refractivity (Wildman–Crippen MR) is 140 cm³/mol. The summed E-state index contributed by atoms with van der Waals surface area (Å²) in [6.07, 6.45) is 8.31. The molecule has 40 heavy (non-hydrogen) atoms. The van der Waals surface area contributed by atoms with E-state index in [1.54, 1.807) is 12.2 Å². The number of hydrogen-bond acceptors (Lipinski definition) is 9. The summed E-state index contributed by atoms with van der Waals surface area (Å²) < 4.78 is 44.2. The van der Waals surface area contributed by atoms with Gasteiger partial charge in [0.05, 0.1) is 12.2 Å². The molecule has 3 saturated carbocycles. The molecule has 1 aliphatic heterocycles. The molecule has 0 radical (unpaired) electrons. The molecule has 1 saturated heterocycles. The molecule has 4 aliphatic carbocycles. The Bertz CT molecular complexity index is 1170. The molecule has 0 aromatic carbocycles. The molecule has 9 atom stereocenters. The van der Waals surface area contributed by atoms with Crippen molar-refractivity contribution in [3.05, 3.63) is 23.8 Å². The van der Waals surface area contributed by atoms with Crippen molar-refractivity contribution in [1.82, 2.24) is 0 Å². The maximum absolute atomic E-state index is 13.2. The number of fused-ring (bicyclic) bond motifs is 7. The van der Waals surface area contributed by atoms with Crippen molar-refractivity contribution in [2.24, 2.45) is 28.6 Å². The van der Waals surface area contributed by atoms with Gasteiger partial charge in [-0.2, -0.15) is 8.42 Å². The highest BCUT2D eigenvalue weighted by Gasteiger charge is 2.75. The number of Topliss-reactive ketones (excluding diaryl/α,β-unsaturated/α-hetero) is 1. The van der Waals surface area contributed by atoms with Crippen LogP contribution >= 0.6 is 0 Å². The number of carbonyl (C=O) groups excluding carboxylic acids is 2. The largest absolute Gasteiger partial charge is 0.481 e. The van der Waals surface area contributed by atoms with Gasteiger partial charge in [-0.1, -0.05) is 38.8 Å². The maximum Gasteiger partial charge on any atom is 0.394 e. The predicted octanol–water partition coefficient (Wildman–Crippen LogP) is 2.15. The number of ketones is 2. The second-order valence-electron chi connectivity index (χ2n) is 11.7. The van der Waals surface area contributed by atoms with Crippen molar-refractivity contribution in [3.63, 3.8) is 0 Å². The third-order valence-corrected chi connectivity index (χ3v) is 9.37. The van der Waals surface area contributed by atoms with Crippen LogP contribution in [-0.2, 0) is 34.3 Å². The monoisotopic (exact) mass is 588 g/mol. The summed E-state index contributed by atoms with van der Waals surface area (Å²) in [7, 11) is -4.67. The molecule has 1 unspecified atom stereocenters. The van der Waals surface area contributed by atoms with Gasteiger partial charge in [0, 0.05) is 23.7 Å². The van der Waals surface area contributed by atoms with Crippen LogP contribution in [0.25, 0.3) is 0 Å². The molecular formula is C27H40O12S. The lowest BCUT2D eigenvalue weighted by molar-refractivity contribution is -0.200. The van der Waals surface area contributed by atoms with Gasteiger partial charge in [-0.05, 0) is 56.1 Å². The van der Waals surface area contributed by atoms with Crippen molar-refractivity contribution in [2.45, 2.75) is 90.3 Å². The van der Waals surface area contributed by atoms with Crippen LogP contribution in [0.2, 0.25) is 0 Å². The highest BCUT2D eigenvalue weighted by Crippen LogP contribution is 2.69. The van der Waals surface area contributed by atoms with E-state index in [4.69, 9.17) is 36.9 Å². The summed E-state index contributed by atoms with van der Waals surface area (Å²) in [5.74, 6) is -0.806. The maximum atomic E-state index is 13.2. The number of allylic oxidation sites excluding steroid dienone is 4. The van der Waals surface area contributed by atoms with Gasteiger partial charge in [0.25, 0.3) is 5.97 Å². The van der Waals surface area contributed by atoms with Gasteiger partial charge in [0.2, 0.25) is 0 Å². The Balaban J connectivity index is 0.000000429. The van der Waals surface area contributed by atoms with E-state index < -0.39 is 52.5 Å². The summed E-state index contributed by atoms with van der Waals surface area (Å²) in [5, 5.41) is 28.8. The Labute approximate surface area is 234 Å². The van der Waals surface area contributed by atoms with E-state index in [-0.39, 0.29) is 34.7 Å². The van der Waals surface area contributed by atoms with E-state index in [2.05, 4.69) is 20.8 Å². The van der Waals surface area contributed by atoms with Crippen LogP contribution in [0.1, 0.15) is 66.2 Å². The van der Waals surface area contributed by atoms with Crippen molar-refractivity contribution in [2.75, 3.05) is 6.61 Å². The molecule has 226 valence electrons. The Kier molecular flexibility index (Phi) is 9.52. The van der Waals surface area contributed by atoms with E-state index in [0.717, 1.165) is 31.8 Å². The standard InChI is InChI=1S/C25H34O6.C2H4O2.H2O4S/c1-4-5-21-30-20-11-17-16-7-6-14-10-15(27)8-9-23(14,2)22(16)18(28)12-24(17,3)25(20,31-21)19(29)13-26;1-2(3)4;1-5(2,3)4/h8-10,16-18,20-22,26,28H,4-7,11-13H2,1-3H3;1H3,(H,3,4);(H2,1,2,3,4)/t16-,17-,18-,20+,21?,22+,23-,24-,25+;;/m0../s1. The average molecular weight is 589 g/mol. The number of aliphatic hydroxyl groups is 2. The smallest absolute Gasteiger partial charge is 0.394 e. The van der Waals surface area contributed by atoms with Gasteiger partial charge in [0.1, 0.15) is 6.61 Å². The fraction of sp³-hybridized carbons (Fsp3) is 0.741. The molecule has 0 bridgehead atoms. The Hall–Kier alpha value is -2.00. The minimum atomic E-state index is -4.67. The number of carboxylic acid groups (broad SMARTS) is 1. The highest BCUT2D eigenvalue weighted by molar-refractivity contribution is 7.79. The van der Waals surface area contributed by atoms with E-state index in [1.165, 1.54) is 0 Å². The lowest BCUT2D eigenvalue weighted by Gasteiger charge is -2.59. The highest BCUT2D eigenvalue weighted by atomic mass is 32.3. The summed E-state index contributed by atoms with van der Waals surface area (Å²) in [5.41, 5.74) is -1.05. The number of ether oxygens (including phenoxy) is 2. The molecule has 5 aliphatic rings. The molecule has 0 aromatic rings. The molecule has 5 rings (SSSR count). The van der Waals surface area contributed by atoms with E-state index in [0.29, 0.717) is 19.3 Å². The quantitative estimate of drug-likeness (QED) is 0.300. The molecule has 13 heteroatoms. The zero-order valence-electron chi connectivity index (χ0n) is 23.1. The Morgan fingerprint density at radius 2 is 1.80 bits per heavy atom. The van der Waals surface area contributed by atoms with Gasteiger partial charge in [-0.3, -0.25) is 23.5 Å². The van der Waals surface area contributed by atoms with Crippen molar-refractivity contribution < 1.29 is 56.7 Å². The molecule has 5 N–H and O–H groups in total. The number of aliphatic carboxylic acids is 1. The average Bonchev–Trinajstić information content (AvgIpc) is 3.29. The number of carbonyl (C=O) groups is 3. The van der Waals surface area contributed by atoms with Gasteiger partial charge >= 0.3 is 10.4 Å². The summed E-state index contributed by atoms with van der Waals surface area (Å²) in [6, 6.07) is 0. The van der Waals surface area contributed by atoms with Crippen LogP contribution in [0, 0.1) is 28.6 Å². The van der Waals surface area contributed by atoms with E-state index in [9.17, 15) is 19.8 Å². The first-order valence-corrected chi connectivity index (χ1v) is 14.8. The minimum Gasteiger partial charge on any atom is -0.481 e. The first kappa shape index (κ1) is 32.5. The molecule has 4 fully saturated rings. The van der Waals surface area contributed by atoms with E-state index >= 15 is 0 Å². The molecule has 0 amide bonds. The van der Waals surface area contributed by atoms with Crippen LogP contribution in [-0.4, -0.2) is 81.1 Å². The molecule has 1 heterocycles. The van der Waals surface area contributed by atoms with E-state index in [1.807, 2.05) is 6.08 Å². The normalized spacial score (nSPS) is 41.1. The number of hydrogen-bond donors (Lipinski definition) is 5. The summed E-state index contributed by atoms with van der Waals surface area (Å²) in [4.78, 5) is 34.2. The van der Waals surface area contributed by atoms with Crippen LogP contribution in [0.15, 0.2) is 23.8 Å². The number of carboxylic acids is 1. The molecule has 0 aromatic heterocycles. The van der Waals surface area contributed by atoms with Crippen molar-refractivity contribution in [1.29, 1.82) is 0 Å². The van der Waals surface area contributed by atoms with Gasteiger partial charge in [0.15, 0.2) is 23.5 Å². The molecular weight excluding hydrogens is 548 g/mol. The molecule has 12 nitrogen and oxygen atoms in total. The zero-order chi connectivity index (χ0) is 30.3. The first-order chi connectivity index (χ1) is 18.4. The lowest BCUT2D eigenvalue weighted by Crippen LogP contribution is -2.63. The fourth-order valence-electron chi connectivity index (χ4n) is 8.12. The lowest BCUT2D eigenvalue weighted by atomic mass is 9.46. The van der Waals surface area contributed by atoms with Crippen LogP contribution in [0.5, 0.6) is 0 Å². The molecule has 0 spiro atoms. The second-order valence-corrected chi connectivity index (χ2v) is 12.6. The van der Waals surface area contributed by atoms with Gasteiger partial charge < -0.3 is 24.8 Å². The van der Waals surface area contributed by atoms with Crippen LogP contribution in [0.4, 0.5) is 0 Å². The minimum absolute atomic E-state index is 0.0125. The summed E-state index contributed by atoms with van der Waals surface area (Å²) in [6.45, 7) is 6.76. The van der Waals surface area contributed by atoms with Gasteiger partial charge in [-0.15, -0.1) is 0 Å². The van der Waals surface area contributed by atoms with Crippen LogP contribution < -0.4 is 0 Å². The van der Waals surface area contributed by atoms with Crippen molar-refractivity contribution >= 4 is 27.9 Å².